The molecule has 6 nitrogen and oxygen atoms in total. The van der Waals surface area contributed by atoms with Gasteiger partial charge in [-0.05, 0) is 12.1 Å². The third kappa shape index (κ3) is 1.92. The van der Waals surface area contributed by atoms with Crippen LogP contribution in [-0.4, -0.2) is 19.7 Å². The molecule has 0 radical (unpaired) electrons. The number of thioether (sulfide) groups is 1. The lowest BCUT2D eigenvalue weighted by Gasteiger charge is -1.98. The summed E-state index contributed by atoms with van der Waals surface area (Å²) in [5.41, 5.74) is 7.27. The van der Waals surface area contributed by atoms with Crippen LogP contribution < -0.4 is 5.73 Å². The Bertz CT molecular complexity index is 657. The van der Waals surface area contributed by atoms with Gasteiger partial charge in [0.05, 0.1) is 5.75 Å². The minimum atomic E-state index is 0.398. The predicted molar refractivity (Wildman–Crippen MR) is 69.0 cm³/mol. The molecule has 0 aliphatic heterocycles. The van der Waals surface area contributed by atoms with Gasteiger partial charge in [0.15, 0.2) is 10.7 Å². The number of oxazole rings is 1. The van der Waals surface area contributed by atoms with E-state index in [9.17, 15) is 0 Å². The minimum absolute atomic E-state index is 0.398. The van der Waals surface area contributed by atoms with Gasteiger partial charge in [-0.1, -0.05) is 23.9 Å². The highest BCUT2D eigenvalue weighted by molar-refractivity contribution is 7.98. The quantitative estimate of drug-likeness (QED) is 0.724. The van der Waals surface area contributed by atoms with Crippen molar-refractivity contribution in [1.29, 1.82) is 0 Å². The summed E-state index contributed by atoms with van der Waals surface area (Å²) in [6.07, 6.45) is 0. The molecule has 3 rings (SSSR count). The average molecular weight is 261 g/mol. The standard InChI is InChI=1S/C11H11N5OS/c1-16-10(12)14-15-11(16)18-6-9-13-7-4-2-3-5-8(7)17-9/h2-5H,6H2,1H3,(H2,12,14). The van der Waals surface area contributed by atoms with Crippen LogP contribution in [-0.2, 0) is 12.8 Å². The first-order valence-electron chi connectivity index (χ1n) is 5.36. The van der Waals surface area contributed by atoms with Crippen LogP contribution in [0.25, 0.3) is 11.1 Å². The first-order valence-corrected chi connectivity index (χ1v) is 6.35. The lowest BCUT2D eigenvalue weighted by Crippen LogP contribution is -1.98. The van der Waals surface area contributed by atoms with Crippen LogP contribution in [0.4, 0.5) is 5.95 Å². The van der Waals surface area contributed by atoms with Gasteiger partial charge in [0.25, 0.3) is 0 Å². The van der Waals surface area contributed by atoms with Crippen LogP contribution >= 0.6 is 11.8 Å². The second-order valence-electron chi connectivity index (χ2n) is 3.76. The van der Waals surface area contributed by atoms with E-state index in [1.54, 1.807) is 4.57 Å². The Morgan fingerprint density at radius 1 is 1.33 bits per heavy atom. The second kappa shape index (κ2) is 4.34. The zero-order chi connectivity index (χ0) is 12.5. The number of nitrogen functional groups attached to an aromatic ring is 1. The van der Waals surface area contributed by atoms with Crippen LogP contribution in [0.1, 0.15) is 5.89 Å². The molecule has 2 heterocycles. The van der Waals surface area contributed by atoms with Crippen molar-refractivity contribution in [3.8, 4) is 0 Å². The van der Waals surface area contributed by atoms with E-state index >= 15 is 0 Å². The molecule has 1 aromatic carbocycles. The molecule has 0 fully saturated rings. The molecular weight excluding hydrogens is 250 g/mol. The van der Waals surface area contributed by atoms with E-state index in [-0.39, 0.29) is 0 Å². The summed E-state index contributed by atoms with van der Waals surface area (Å²) in [7, 11) is 1.82. The Morgan fingerprint density at radius 3 is 2.89 bits per heavy atom. The number of rotatable bonds is 3. The number of nitrogens with two attached hydrogens (primary N) is 1. The van der Waals surface area contributed by atoms with E-state index in [1.165, 1.54) is 11.8 Å². The number of aromatic nitrogens is 4. The van der Waals surface area contributed by atoms with Crippen molar-refractivity contribution in [2.45, 2.75) is 10.9 Å². The van der Waals surface area contributed by atoms with Gasteiger partial charge in [0.1, 0.15) is 5.52 Å². The van der Waals surface area contributed by atoms with E-state index in [0.717, 1.165) is 16.3 Å². The molecule has 0 bridgehead atoms. The first-order chi connectivity index (χ1) is 8.74. The van der Waals surface area contributed by atoms with Gasteiger partial charge in [0.2, 0.25) is 11.8 Å². The highest BCUT2D eigenvalue weighted by atomic mass is 32.2. The van der Waals surface area contributed by atoms with Crippen molar-refractivity contribution >= 4 is 28.8 Å². The maximum Gasteiger partial charge on any atom is 0.222 e. The Morgan fingerprint density at radius 2 is 2.17 bits per heavy atom. The summed E-state index contributed by atoms with van der Waals surface area (Å²) in [6.45, 7) is 0. The zero-order valence-electron chi connectivity index (χ0n) is 9.70. The van der Waals surface area contributed by atoms with Gasteiger partial charge in [-0.25, -0.2) is 4.98 Å². The third-order valence-corrected chi connectivity index (χ3v) is 3.54. The highest BCUT2D eigenvalue weighted by Crippen LogP contribution is 2.23. The van der Waals surface area contributed by atoms with Gasteiger partial charge < -0.3 is 10.2 Å². The Labute approximate surface area is 107 Å². The zero-order valence-corrected chi connectivity index (χ0v) is 10.5. The van der Waals surface area contributed by atoms with Gasteiger partial charge in [-0.15, -0.1) is 10.2 Å². The molecule has 0 unspecified atom stereocenters. The monoisotopic (exact) mass is 261 g/mol. The molecule has 0 spiro atoms. The molecular formula is C11H11N5OS. The number of benzene rings is 1. The van der Waals surface area contributed by atoms with Crippen molar-refractivity contribution in [2.75, 3.05) is 5.73 Å². The van der Waals surface area contributed by atoms with Crippen molar-refractivity contribution < 1.29 is 4.42 Å². The number of nitrogens with zero attached hydrogens (tertiary/aromatic N) is 4. The smallest absolute Gasteiger partial charge is 0.222 e. The molecule has 0 atom stereocenters. The lowest BCUT2D eigenvalue weighted by atomic mass is 10.3. The molecule has 0 amide bonds. The fourth-order valence-corrected chi connectivity index (χ4v) is 2.32. The number of hydrogen-bond donors (Lipinski definition) is 1. The van der Waals surface area contributed by atoms with Crippen molar-refractivity contribution in [1.82, 2.24) is 19.7 Å². The van der Waals surface area contributed by atoms with E-state index in [4.69, 9.17) is 10.2 Å². The van der Waals surface area contributed by atoms with E-state index < -0.39 is 0 Å². The van der Waals surface area contributed by atoms with Crippen molar-refractivity contribution in [3.63, 3.8) is 0 Å². The van der Waals surface area contributed by atoms with E-state index in [2.05, 4.69) is 15.2 Å². The van der Waals surface area contributed by atoms with Crippen LogP contribution in [0.3, 0.4) is 0 Å². The van der Waals surface area contributed by atoms with Crippen molar-refractivity contribution in [3.05, 3.63) is 30.2 Å². The number of para-hydroxylation sites is 2. The Balaban J connectivity index is 1.79. The minimum Gasteiger partial charge on any atom is -0.440 e. The van der Waals surface area contributed by atoms with E-state index in [0.29, 0.717) is 17.6 Å². The summed E-state index contributed by atoms with van der Waals surface area (Å²) in [4.78, 5) is 4.39. The molecule has 2 aromatic heterocycles. The second-order valence-corrected chi connectivity index (χ2v) is 4.71. The molecule has 7 heteroatoms. The maximum atomic E-state index is 5.62. The average Bonchev–Trinajstić information content (AvgIpc) is 2.92. The van der Waals surface area contributed by atoms with Gasteiger partial charge in [-0.3, -0.25) is 4.57 Å². The lowest BCUT2D eigenvalue weighted by molar-refractivity contribution is 0.555. The number of hydrogen-bond acceptors (Lipinski definition) is 6. The Kier molecular flexibility index (Phi) is 2.67. The van der Waals surface area contributed by atoms with Crippen LogP contribution in [0, 0.1) is 0 Å². The third-order valence-electron chi connectivity index (χ3n) is 2.53. The first kappa shape index (κ1) is 11.1. The number of anilines is 1. The SMILES string of the molecule is Cn1c(N)nnc1SCc1nc2ccccc2o1. The van der Waals surface area contributed by atoms with Crippen LogP contribution in [0.2, 0.25) is 0 Å². The van der Waals surface area contributed by atoms with Gasteiger partial charge >= 0.3 is 0 Å². The Hall–Kier alpha value is -2.02. The molecule has 0 saturated heterocycles. The fraction of sp³-hybridized carbons (Fsp3) is 0.182. The van der Waals surface area contributed by atoms with Gasteiger partial charge in [-0.2, -0.15) is 0 Å². The molecule has 0 saturated carbocycles. The summed E-state index contributed by atoms with van der Waals surface area (Å²) in [6, 6.07) is 7.68. The van der Waals surface area contributed by atoms with Gasteiger partial charge in [0, 0.05) is 7.05 Å². The molecule has 92 valence electrons. The van der Waals surface area contributed by atoms with Crippen LogP contribution in [0.5, 0.6) is 0 Å². The summed E-state index contributed by atoms with van der Waals surface area (Å²) in [5.74, 6) is 1.67. The fourth-order valence-electron chi connectivity index (χ4n) is 1.56. The predicted octanol–water partition coefficient (Wildman–Crippen LogP) is 1.83. The molecule has 2 N–H and O–H groups in total. The highest BCUT2D eigenvalue weighted by Gasteiger charge is 2.10. The topological polar surface area (TPSA) is 82.8 Å². The number of fused-ring (bicyclic) bond motifs is 1. The van der Waals surface area contributed by atoms with Crippen molar-refractivity contribution in [2.24, 2.45) is 7.05 Å². The molecule has 18 heavy (non-hydrogen) atoms. The summed E-state index contributed by atoms with van der Waals surface area (Å²) in [5, 5.41) is 8.50. The molecule has 3 aromatic rings. The molecule has 0 aliphatic carbocycles. The normalized spacial score (nSPS) is 11.2. The molecule has 0 aliphatic rings. The summed E-state index contributed by atoms with van der Waals surface area (Å²) >= 11 is 1.49. The van der Waals surface area contributed by atoms with Crippen LogP contribution in [0.15, 0.2) is 33.8 Å². The summed E-state index contributed by atoms with van der Waals surface area (Å²) < 4.78 is 7.35. The largest absolute Gasteiger partial charge is 0.440 e. The van der Waals surface area contributed by atoms with E-state index in [1.807, 2.05) is 31.3 Å². The maximum absolute atomic E-state index is 5.62.